The zero-order chi connectivity index (χ0) is 13.0. The Hall–Kier alpha value is -1.55. The van der Waals surface area contributed by atoms with E-state index in [1.165, 1.54) is 21.0 Å². The fourth-order valence-corrected chi connectivity index (χ4v) is 1.66. The summed E-state index contributed by atoms with van der Waals surface area (Å²) in [5.41, 5.74) is 0.526. The fraction of sp³-hybridized carbons (Fsp3) is 0.333. The van der Waals surface area contributed by atoms with Gasteiger partial charge < -0.3 is 9.47 Å². The SMILES string of the molecule is COc1ccc(C(OC(C)=O)[13C]([13CH3])=O)cc1Cl. The van der Waals surface area contributed by atoms with Crippen LogP contribution in [-0.2, 0) is 14.3 Å². The average Bonchev–Trinajstić information content (AvgIpc) is 2.25. The maximum atomic E-state index is 11.4. The number of hydrogen-bond acceptors (Lipinski definition) is 4. The number of ketones is 1. The van der Waals surface area contributed by atoms with Crippen LogP contribution in [-0.4, -0.2) is 18.9 Å². The summed E-state index contributed by atoms with van der Waals surface area (Å²) in [6.07, 6.45) is -0.920. The minimum Gasteiger partial charge on any atom is -0.495 e. The van der Waals surface area contributed by atoms with Crippen molar-refractivity contribution in [2.45, 2.75) is 20.0 Å². The molecule has 1 aromatic rings. The van der Waals surface area contributed by atoms with Gasteiger partial charge in [0.05, 0.1) is 12.1 Å². The van der Waals surface area contributed by atoms with Gasteiger partial charge in [0.2, 0.25) is 0 Å². The second-order valence-corrected chi connectivity index (χ2v) is 3.90. The molecule has 1 rings (SSSR count). The lowest BCUT2D eigenvalue weighted by Gasteiger charge is -2.15. The number of ether oxygens (including phenoxy) is 2. The van der Waals surface area contributed by atoms with Gasteiger partial charge in [-0.2, -0.15) is 0 Å². The smallest absolute Gasteiger partial charge is 0.303 e. The van der Waals surface area contributed by atoms with Gasteiger partial charge in [0.25, 0.3) is 0 Å². The van der Waals surface area contributed by atoms with Crippen LogP contribution in [0.1, 0.15) is 25.5 Å². The Kier molecular flexibility index (Phi) is 4.52. The third kappa shape index (κ3) is 3.46. The minimum atomic E-state index is -0.920. The summed E-state index contributed by atoms with van der Waals surface area (Å²) in [5.74, 6) is -0.279. The van der Waals surface area contributed by atoms with Gasteiger partial charge in [-0.15, -0.1) is 0 Å². The highest BCUT2D eigenvalue weighted by molar-refractivity contribution is 6.32. The van der Waals surface area contributed by atoms with Crippen LogP contribution in [0.15, 0.2) is 18.2 Å². The van der Waals surface area contributed by atoms with Gasteiger partial charge in [-0.25, -0.2) is 0 Å². The molecule has 4 nitrogen and oxygen atoms in total. The molecule has 0 radical (unpaired) electrons. The first kappa shape index (κ1) is 13.5. The third-order valence-corrected chi connectivity index (χ3v) is 2.43. The number of esters is 1. The topological polar surface area (TPSA) is 52.6 Å². The summed E-state index contributed by atoms with van der Waals surface area (Å²) in [7, 11) is 1.50. The van der Waals surface area contributed by atoms with Gasteiger partial charge in [0.1, 0.15) is 5.75 Å². The summed E-state index contributed by atoms with van der Waals surface area (Å²) in [5, 5.41) is 0.364. The van der Waals surface area contributed by atoms with E-state index in [-0.39, 0.29) is 5.78 Å². The van der Waals surface area contributed by atoms with Crippen LogP contribution >= 0.6 is 11.6 Å². The van der Waals surface area contributed by atoms with Crippen molar-refractivity contribution in [1.82, 2.24) is 0 Å². The molecule has 0 bridgehead atoms. The van der Waals surface area contributed by atoms with Crippen LogP contribution in [0.25, 0.3) is 0 Å². The van der Waals surface area contributed by atoms with Crippen molar-refractivity contribution >= 4 is 23.4 Å². The number of halogens is 1. The molecule has 17 heavy (non-hydrogen) atoms. The number of carbonyl (C=O) groups excluding carboxylic acids is 2. The van der Waals surface area contributed by atoms with E-state index in [0.717, 1.165) is 0 Å². The van der Waals surface area contributed by atoms with Gasteiger partial charge in [-0.3, -0.25) is 9.59 Å². The lowest BCUT2D eigenvalue weighted by Crippen LogP contribution is -2.15. The van der Waals surface area contributed by atoms with Crippen LogP contribution in [0, 0.1) is 0 Å². The van der Waals surface area contributed by atoms with Crippen LogP contribution < -0.4 is 4.74 Å². The first-order valence-corrected chi connectivity index (χ1v) is 5.34. The molecular formula is C12H13ClO4. The van der Waals surface area contributed by atoms with E-state index in [4.69, 9.17) is 21.1 Å². The second kappa shape index (κ2) is 5.68. The molecule has 0 fully saturated rings. The Morgan fingerprint density at radius 1 is 1.29 bits per heavy atom. The van der Waals surface area contributed by atoms with Crippen molar-refractivity contribution in [3.63, 3.8) is 0 Å². The van der Waals surface area contributed by atoms with Gasteiger partial charge in [0, 0.05) is 12.5 Å². The molecule has 0 saturated carbocycles. The number of Topliss-reactive ketones (excluding diaryl/α,β-unsaturated/α-hetero) is 1. The first-order valence-electron chi connectivity index (χ1n) is 4.96. The van der Waals surface area contributed by atoms with E-state index in [2.05, 4.69) is 0 Å². The Morgan fingerprint density at radius 3 is 2.35 bits per heavy atom. The predicted octanol–water partition coefficient (Wildman–Crippen LogP) is 2.54. The molecular weight excluding hydrogens is 246 g/mol. The fourth-order valence-electron chi connectivity index (χ4n) is 1.40. The van der Waals surface area contributed by atoms with Crippen LogP contribution in [0.5, 0.6) is 5.75 Å². The number of hydrogen-bond donors (Lipinski definition) is 0. The second-order valence-electron chi connectivity index (χ2n) is 3.49. The van der Waals surface area contributed by atoms with E-state index in [1.54, 1.807) is 18.2 Å². The monoisotopic (exact) mass is 258 g/mol. The molecule has 0 aliphatic carbocycles. The van der Waals surface area contributed by atoms with E-state index in [0.29, 0.717) is 16.3 Å². The summed E-state index contributed by atoms with van der Waals surface area (Å²) >= 11 is 5.94. The predicted molar refractivity (Wildman–Crippen MR) is 63.2 cm³/mol. The molecule has 0 aliphatic heterocycles. The Morgan fingerprint density at radius 2 is 1.94 bits per heavy atom. The molecule has 92 valence electrons. The molecule has 1 unspecified atom stereocenters. The summed E-state index contributed by atoms with van der Waals surface area (Å²) in [6, 6.07) is 4.81. The maximum Gasteiger partial charge on any atom is 0.303 e. The average molecular weight is 259 g/mol. The molecule has 5 heteroatoms. The maximum absolute atomic E-state index is 11.4. The molecule has 0 spiro atoms. The molecule has 0 saturated heterocycles. The molecule has 0 aliphatic rings. The first-order chi connectivity index (χ1) is 7.95. The molecule has 1 atom stereocenters. The van der Waals surface area contributed by atoms with Gasteiger partial charge in [-0.1, -0.05) is 17.7 Å². The normalized spacial score (nSPS) is 11.8. The zero-order valence-corrected chi connectivity index (χ0v) is 10.6. The van der Waals surface area contributed by atoms with Crippen molar-refractivity contribution in [2.24, 2.45) is 0 Å². The van der Waals surface area contributed by atoms with E-state index in [9.17, 15) is 9.59 Å². The Labute approximate surface area is 104 Å². The summed E-state index contributed by atoms with van der Waals surface area (Å²) in [6.45, 7) is 2.60. The molecule has 0 heterocycles. The highest BCUT2D eigenvalue weighted by Crippen LogP contribution is 2.29. The van der Waals surface area contributed by atoms with Gasteiger partial charge in [0.15, 0.2) is 11.9 Å². The van der Waals surface area contributed by atoms with Crippen molar-refractivity contribution in [3.05, 3.63) is 28.8 Å². The number of carbonyl (C=O) groups is 2. The standard InChI is InChI=1S/C12H13ClO4/c1-7(14)12(17-8(2)15)9-4-5-11(16-3)10(13)6-9/h4-6,12H,1-3H3/i1+1,7+1. The van der Waals surface area contributed by atoms with Crippen molar-refractivity contribution < 1.29 is 19.1 Å². The van der Waals surface area contributed by atoms with Gasteiger partial charge in [-0.05, 0) is 19.1 Å². The zero-order valence-electron chi connectivity index (χ0n) is 9.82. The van der Waals surface area contributed by atoms with E-state index >= 15 is 0 Å². The summed E-state index contributed by atoms with van der Waals surface area (Å²) in [4.78, 5) is 22.3. The van der Waals surface area contributed by atoms with Crippen LogP contribution in [0.2, 0.25) is 5.02 Å². The summed E-state index contributed by atoms with van der Waals surface area (Å²) < 4.78 is 9.94. The van der Waals surface area contributed by atoms with Crippen molar-refractivity contribution in [2.75, 3.05) is 7.11 Å². The lowest BCUT2D eigenvalue weighted by molar-refractivity contribution is -0.152. The minimum absolute atomic E-state index is 0.263. The van der Waals surface area contributed by atoms with E-state index in [1.807, 2.05) is 0 Å². The largest absolute Gasteiger partial charge is 0.495 e. The van der Waals surface area contributed by atoms with Crippen LogP contribution in [0.4, 0.5) is 0 Å². The molecule has 0 N–H and O–H groups in total. The lowest BCUT2D eigenvalue weighted by atomic mass is 10.1. The highest BCUT2D eigenvalue weighted by Gasteiger charge is 2.20. The molecule has 0 aromatic heterocycles. The third-order valence-electron chi connectivity index (χ3n) is 2.13. The molecule has 0 amide bonds. The van der Waals surface area contributed by atoms with Crippen molar-refractivity contribution in [3.8, 4) is 5.75 Å². The number of benzene rings is 1. The van der Waals surface area contributed by atoms with Gasteiger partial charge >= 0.3 is 5.97 Å². The quantitative estimate of drug-likeness (QED) is 0.615. The number of rotatable bonds is 4. The Bertz CT molecular complexity index is 442. The molecule has 1 aromatic carbocycles. The Balaban J connectivity index is 3.06. The van der Waals surface area contributed by atoms with Crippen molar-refractivity contribution in [1.29, 1.82) is 0 Å². The number of methoxy groups -OCH3 is 1. The van der Waals surface area contributed by atoms with Crippen LogP contribution in [0.3, 0.4) is 0 Å². The van der Waals surface area contributed by atoms with E-state index < -0.39 is 12.1 Å². The highest BCUT2D eigenvalue weighted by atomic mass is 35.5.